The molecule has 57 heavy (non-hydrogen) atoms. The number of rotatable bonds is 5. The third-order valence-corrected chi connectivity index (χ3v) is 11.7. The predicted octanol–water partition coefficient (Wildman–Crippen LogP) is 13.2. The average Bonchev–Trinajstić information content (AvgIpc) is 3.97. The summed E-state index contributed by atoms with van der Waals surface area (Å²) in [4.78, 5) is 25.6. The van der Waals surface area contributed by atoms with Crippen molar-refractivity contribution in [3.8, 4) is 56.8 Å². The summed E-state index contributed by atoms with van der Waals surface area (Å²) in [5.74, 6) is 2.41. The molecule has 8 heteroatoms. The van der Waals surface area contributed by atoms with Crippen LogP contribution in [-0.2, 0) is 0 Å². The number of benzene rings is 7. The van der Waals surface area contributed by atoms with E-state index < -0.39 is 0 Å². The maximum absolute atomic E-state index is 6.65. The van der Waals surface area contributed by atoms with Gasteiger partial charge in [-0.3, -0.25) is 0 Å². The zero-order chi connectivity index (χ0) is 37.5. The Kier molecular flexibility index (Phi) is 6.96. The van der Waals surface area contributed by atoms with Crippen LogP contribution in [0, 0.1) is 0 Å². The van der Waals surface area contributed by atoms with Gasteiger partial charge in [-0.2, -0.15) is 0 Å². The van der Waals surface area contributed by atoms with Crippen molar-refractivity contribution in [1.82, 2.24) is 24.9 Å². The van der Waals surface area contributed by atoms with E-state index in [-0.39, 0.29) is 0 Å². The lowest BCUT2D eigenvalue weighted by Gasteiger charge is -2.09. The molecule has 0 aliphatic rings. The second-order valence-electron chi connectivity index (χ2n) is 14.0. The van der Waals surface area contributed by atoms with Crippen molar-refractivity contribution in [3.05, 3.63) is 164 Å². The van der Waals surface area contributed by atoms with Gasteiger partial charge in [0.25, 0.3) is 0 Å². The van der Waals surface area contributed by atoms with Crippen LogP contribution in [0.5, 0.6) is 0 Å². The van der Waals surface area contributed by atoms with E-state index in [1.807, 2.05) is 91.0 Å². The molecule has 0 unspecified atom stereocenters. The Balaban J connectivity index is 1.04. The van der Waals surface area contributed by atoms with Gasteiger partial charge < -0.3 is 8.83 Å². The molecule has 0 N–H and O–H groups in total. The first-order valence-electron chi connectivity index (χ1n) is 18.7. The van der Waals surface area contributed by atoms with Crippen LogP contribution < -0.4 is 0 Å². The minimum Gasteiger partial charge on any atom is -0.456 e. The van der Waals surface area contributed by atoms with E-state index in [1.54, 1.807) is 11.3 Å². The fourth-order valence-corrected chi connectivity index (χ4v) is 9.02. The fourth-order valence-electron chi connectivity index (χ4n) is 7.87. The largest absolute Gasteiger partial charge is 0.456 e. The molecule has 5 heterocycles. The molecular formula is C49H27N5O2S. The van der Waals surface area contributed by atoms with Gasteiger partial charge in [-0.25, -0.2) is 24.9 Å². The normalized spacial score (nSPS) is 11.9. The summed E-state index contributed by atoms with van der Waals surface area (Å²) < 4.78 is 15.0. The lowest BCUT2D eigenvalue weighted by Crippen LogP contribution is -2.00. The lowest BCUT2D eigenvalue weighted by molar-refractivity contribution is 0.668. The van der Waals surface area contributed by atoms with Crippen molar-refractivity contribution in [2.45, 2.75) is 0 Å². The Bertz CT molecular complexity index is 3540. The number of aromatic nitrogens is 5. The van der Waals surface area contributed by atoms with Crippen molar-refractivity contribution < 1.29 is 8.83 Å². The standard InChI is InChI=1S/C49H27N5O2S/c1-3-12-28(13-4-1)46-50-43(45-44(51-46)34-17-8-10-21-41(34)57-45)30-22-24-33-40(27-30)56-39-20-11-18-35(42(33)39)49-53-47(29-14-5-2-6-15-29)52-48(54-49)31-23-25-38-36(26-31)32-16-7-9-19-37(32)55-38/h1-27H. The second-order valence-corrected chi connectivity index (χ2v) is 15.1. The Hall–Kier alpha value is -7.55. The van der Waals surface area contributed by atoms with Crippen LogP contribution in [0.2, 0.25) is 0 Å². The summed E-state index contributed by atoms with van der Waals surface area (Å²) in [5.41, 5.74) is 9.53. The van der Waals surface area contributed by atoms with Gasteiger partial charge in [0.15, 0.2) is 23.3 Å². The van der Waals surface area contributed by atoms with Crippen LogP contribution in [-0.4, -0.2) is 24.9 Å². The molecule has 266 valence electrons. The second kappa shape index (κ2) is 12.5. The van der Waals surface area contributed by atoms with Gasteiger partial charge in [0.05, 0.1) is 15.9 Å². The molecule has 0 aliphatic carbocycles. The molecule has 0 spiro atoms. The zero-order valence-electron chi connectivity index (χ0n) is 30.0. The zero-order valence-corrected chi connectivity index (χ0v) is 30.9. The van der Waals surface area contributed by atoms with Crippen molar-refractivity contribution >= 4 is 75.5 Å². The van der Waals surface area contributed by atoms with Gasteiger partial charge in [-0.1, -0.05) is 115 Å². The highest BCUT2D eigenvalue weighted by molar-refractivity contribution is 7.26. The minimum atomic E-state index is 0.559. The van der Waals surface area contributed by atoms with Crippen LogP contribution in [0.25, 0.3) is 121 Å². The molecule has 0 amide bonds. The summed E-state index contributed by atoms with van der Waals surface area (Å²) in [6.45, 7) is 0. The molecule has 0 radical (unpaired) electrons. The molecule has 0 aliphatic heterocycles. The third kappa shape index (κ3) is 5.15. The molecule has 7 nitrogen and oxygen atoms in total. The summed E-state index contributed by atoms with van der Waals surface area (Å²) in [6, 6.07) is 55.2. The lowest BCUT2D eigenvalue weighted by atomic mass is 10.0. The predicted molar refractivity (Wildman–Crippen MR) is 230 cm³/mol. The Morgan fingerprint density at radius 3 is 1.82 bits per heavy atom. The van der Waals surface area contributed by atoms with E-state index in [1.165, 1.54) is 4.70 Å². The van der Waals surface area contributed by atoms with Crippen LogP contribution in [0.15, 0.2) is 173 Å². The average molecular weight is 750 g/mol. The topological polar surface area (TPSA) is 90.7 Å². The molecule has 0 saturated heterocycles. The van der Waals surface area contributed by atoms with E-state index in [4.69, 9.17) is 33.8 Å². The van der Waals surface area contributed by atoms with Crippen molar-refractivity contribution in [1.29, 1.82) is 0 Å². The fraction of sp³-hybridized carbons (Fsp3) is 0. The third-order valence-electron chi connectivity index (χ3n) is 10.6. The number of thiophene rings is 1. The van der Waals surface area contributed by atoms with Gasteiger partial charge >= 0.3 is 0 Å². The Morgan fingerprint density at radius 1 is 0.368 bits per heavy atom. The number of para-hydroxylation sites is 1. The molecule has 0 bridgehead atoms. The number of furan rings is 2. The van der Waals surface area contributed by atoms with Crippen LogP contribution in [0.1, 0.15) is 0 Å². The van der Waals surface area contributed by atoms with Crippen molar-refractivity contribution in [2.75, 3.05) is 0 Å². The van der Waals surface area contributed by atoms with E-state index in [9.17, 15) is 0 Å². The van der Waals surface area contributed by atoms with Gasteiger partial charge in [-0.15, -0.1) is 11.3 Å². The highest BCUT2D eigenvalue weighted by Gasteiger charge is 2.21. The summed E-state index contributed by atoms with van der Waals surface area (Å²) in [5, 5.41) is 5.08. The molecule has 0 atom stereocenters. The van der Waals surface area contributed by atoms with Gasteiger partial charge in [0.2, 0.25) is 0 Å². The van der Waals surface area contributed by atoms with Gasteiger partial charge in [0.1, 0.15) is 22.3 Å². The first kappa shape index (κ1) is 31.8. The SMILES string of the molecule is c1ccc(-c2nc(-c3ccc4oc5ccccc5c4c3)nc(-c3cccc4oc5cc(-c6nc(-c7ccccc7)nc7c6sc6ccccc67)ccc5c34)n2)cc1. The number of fused-ring (bicyclic) bond motifs is 9. The molecule has 0 fully saturated rings. The van der Waals surface area contributed by atoms with Crippen molar-refractivity contribution in [2.24, 2.45) is 0 Å². The van der Waals surface area contributed by atoms with E-state index in [2.05, 4.69) is 72.8 Å². The Morgan fingerprint density at radius 2 is 1.00 bits per heavy atom. The molecule has 0 saturated carbocycles. The number of hydrogen-bond acceptors (Lipinski definition) is 8. The minimum absolute atomic E-state index is 0.559. The molecule has 7 aromatic carbocycles. The molecule has 5 aromatic heterocycles. The highest BCUT2D eigenvalue weighted by Crippen LogP contribution is 2.42. The van der Waals surface area contributed by atoms with E-state index in [0.29, 0.717) is 23.3 Å². The highest BCUT2D eigenvalue weighted by atomic mass is 32.1. The number of nitrogens with zero attached hydrogens (tertiary/aromatic N) is 5. The smallest absolute Gasteiger partial charge is 0.164 e. The van der Waals surface area contributed by atoms with Crippen molar-refractivity contribution in [3.63, 3.8) is 0 Å². The molecular weight excluding hydrogens is 723 g/mol. The summed E-state index contributed by atoms with van der Waals surface area (Å²) in [7, 11) is 0. The summed E-state index contributed by atoms with van der Waals surface area (Å²) >= 11 is 1.71. The molecule has 12 rings (SSSR count). The van der Waals surface area contributed by atoms with Gasteiger partial charge in [-0.05, 0) is 48.5 Å². The van der Waals surface area contributed by atoms with E-state index >= 15 is 0 Å². The maximum Gasteiger partial charge on any atom is 0.164 e. The van der Waals surface area contributed by atoms with Crippen LogP contribution in [0.3, 0.4) is 0 Å². The maximum atomic E-state index is 6.65. The quantitative estimate of drug-likeness (QED) is 0.173. The number of hydrogen-bond donors (Lipinski definition) is 0. The van der Waals surface area contributed by atoms with E-state index in [0.717, 1.165) is 93.0 Å². The van der Waals surface area contributed by atoms with Crippen LogP contribution >= 0.6 is 11.3 Å². The van der Waals surface area contributed by atoms with Crippen LogP contribution in [0.4, 0.5) is 0 Å². The monoisotopic (exact) mass is 749 g/mol. The first-order chi connectivity index (χ1) is 28.2. The first-order valence-corrected chi connectivity index (χ1v) is 19.5. The Labute approximate surface area is 328 Å². The van der Waals surface area contributed by atoms with Gasteiger partial charge in [0, 0.05) is 59.4 Å². The summed E-state index contributed by atoms with van der Waals surface area (Å²) in [6.07, 6.45) is 0. The molecule has 12 aromatic rings.